The second-order valence-electron chi connectivity index (χ2n) is 33.8. The third-order valence-electron chi connectivity index (χ3n) is 25.6. The van der Waals surface area contributed by atoms with Crippen molar-refractivity contribution < 1.29 is 0 Å². The molecule has 0 atom stereocenters. The van der Waals surface area contributed by atoms with Gasteiger partial charge in [-0.2, -0.15) is 0 Å². The fourth-order valence-electron chi connectivity index (χ4n) is 19.7. The summed E-state index contributed by atoms with van der Waals surface area (Å²) in [5, 5.41) is 7.17. The Morgan fingerprint density at radius 3 is 0.937 bits per heavy atom. The Bertz CT molecular complexity index is 7610. The average Bonchev–Trinajstić information content (AvgIpc) is 1.45. The summed E-state index contributed by atoms with van der Waals surface area (Å²) < 4.78 is 0. The Morgan fingerprint density at radius 1 is 0.165 bits per heavy atom. The second kappa shape index (κ2) is 31.9. The van der Waals surface area contributed by atoms with E-state index in [2.05, 4.69) is 337 Å². The smallest absolute Gasteiger partial charge is 0.164 e. The molecular weight excluding hydrogens is 1540 g/mol. The van der Waals surface area contributed by atoms with Gasteiger partial charge >= 0.3 is 0 Å². The molecule has 600 valence electrons. The first-order valence-electron chi connectivity index (χ1n) is 43.3. The molecule has 0 radical (unpaired) electrons. The monoisotopic (exact) mass is 1630 g/mol. The Hall–Kier alpha value is -16.2. The Balaban J connectivity index is 0.000000115. The van der Waals surface area contributed by atoms with Crippen molar-refractivity contribution in [3.8, 4) is 147 Å². The summed E-state index contributed by atoms with van der Waals surface area (Å²) in [6.45, 7) is 9.31. The van der Waals surface area contributed by atoms with E-state index in [0.717, 1.165) is 61.0 Å². The third kappa shape index (κ3) is 13.5. The number of hydrogen-bond acceptors (Lipinski definition) is 9. The Labute approximate surface area is 738 Å². The van der Waals surface area contributed by atoms with Crippen LogP contribution in [0.2, 0.25) is 0 Å². The molecule has 0 bridgehead atoms. The van der Waals surface area contributed by atoms with Gasteiger partial charge in [-0.05, 0) is 127 Å². The fraction of sp³-hybridized carbons (Fsp3) is 0.0593. The van der Waals surface area contributed by atoms with E-state index in [1.54, 1.807) is 0 Å². The zero-order valence-electron chi connectivity index (χ0n) is 70.5. The van der Waals surface area contributed by atoms with Gasteiger partial charge in [-0.25, -0.2) is 44.9 Å². The van der Waals surface area contributed by atoms with Crippen molar-refractivity contribution in [1.82, 2.24) is 44.9 Å². The first-order valence-corrected chi connectivity index (χ1v) is 43.3. The van der Waals surface area contributed by atoms with Crippen LogP contribution in [0.15, 0.2) is 431 Å². The minimum atomic E-state index is -0.521. The molecule has 9 heteroatoms. The molecule has 3 aliphatic carbocycles. The molecule has 18 aromatic carbocycles. The summed E-state index contributed by atoms with van der Waals surface area (Å²) in [6, 6.07) is 151. The van der Waals surface area contributed by atoms with Crippen LogP contribution < -0.4 is 0 Å². The lowest BCUT2D eigenvalue weighted by Crippen LogP contribution is -2.28. The van der Waals surface area contributed by atoms with Crippen molar-refractivity contribution in [3.63, 3.8) is 0 Å². The molecule has 0 unspecified atom stereocenters. The molecule has 0 spiro atoms. The molecule has 0 fully saturated rings. The van der Waals surface area contributed by atoms with Gasteiger partial charge in [-0.1, -0.05) is 452 Å². The van der Waals surface area contributed by atoms with Crippen molar-refractivity contribution in [1.29, 1.82) is 0 Å². The second-order valence-corrected chi connectivity index (χ2v) is 33.8. The highest BCUT2D eigenvalue weighted by molar-refractivity contribution is 6.07. The molecule has 0 N–H and O–H groups in total. The van der Waals surface area contributed by atoms with E-state index < -0.39 is 5.41 Å². The number of benzene rings is 18. The first kappa shape index (κ1) is 76.9. The maximum Gasteiger partial charge on any atom is 0.164 e. The van der Waals surface area contributed by atoms with Crippen LogP contribution in [0.4, 0.5) is 0 Å². The van der Waals surface area contributed by atoms with E-state index in [0.29, 0.717) is 52.4 Å². The number of rotatable bonds is 12. The molecule has 24 rings (SSSR count). The van der Waals surface area contributed by atoms with Gasteiger partial charge in [0.25, 0.3) is 0 Å². The molecule has 9 nitrogen and oxygen atoms in total. The lowest BCUT2D eigenvalue weighted by atomic mass is 9.66. The molecule has 0 aliphatic heterocycles. The Morgan fingerprint density at radius 2 is 0.465 bits per heavy atom. The standard InChI is InChI=1S/C50H33N3.2C34H25N3/c1-5-16-34(17-6-1)35-28-30-37(31-29-35)48-51-47(36-18-7-2-8-19-36)52-49(53-48)44-26-15-25-42-40(44)32-33-43-41-24-13-14-27-45(41)50(46(42)43,38-20-9-3-10-21-38)39-22-11-4-12-23-39;1-34(2)28-19-10-9-17-25(28)26-21-20-22-16-11-18-27(29(22)30(26)34)33-36-31(23-12-5-3-6-13-23)35-32(37-33)24-14-7-4-8-15-24;1-34(2)29-16-10-9-15-26(29)27-20-19-22-17-18-25(21-28(22)30(27)34)33-36-31(23-11-5-3-6-12-23)35-32(37-33)24-13-7-4-8-14-24/h1-33H;2*3-21H,1-2H3. The highest BCUT2D eigenvalue weighted by Gasteiger charge is 2.48. The molecule has 0 saturated heterocycles. The largest absolute Gasteiger partial charge is 0.208 e. The van der Waals surface area contributed by atoms with Crippen LogP contribution in [0, 0.1) is 0 Å². The highest BCUT2D eigenvalue weighted by Crippen LogP contribution is 2.60. The van der Waals surface area contributed by atoms with Crippen LogP contribution >= 0.6 is 0 Å². The minimum Gasteiger partial charge on any atom is -0.208 e. The van der Waals surface area contributed by atoms with Gasteiger partial charge in [0.1, 0.15) is 0 Å². The zero-order valence-corrected chi connectivity index (χ0v) is 70.5. The highest BCUT2D eigenvalue weighted by atomic mass is 15.1. The predicted molar refractivity (Wildman–Crippen MR) is 519 cm³/mol. The topological polar surface area (TPSA) is 116 Å². The molecule has 3 heterocycles. The van der Waals surface area contributed by atoms with Crippen LogP contribution in [0.25, 0.3) is 179 Å². The van der Waals surface area contributed by atoms with Crippen molar-refractivity contribution >= 4 is 32.3 Å². The van der Waals surface area contributed by atoms with Crippen molar-refractivity contribution in [3.05, 3.63) is 475 Å². The van der Waals surface area contributed by atoms with Gasteiger partial charge in [0.15, 0.2) is 52.4 Å². The summed E-state index contributed by atoms with van der Waals surface area (Å²) in [5.41, 5.74) is 28.6. The van der Waals surface area contributed by atoms with Crippen LogP contribution in [0.5, 0.6) is 0 Å². The van der Waals surface area contributed by atoms with E-state index >= 15 is 0 Å². The van der Waals surface area contributed by atoms with E-state index in [-0.39, 0.29) is 10.8 Å². The quantitative estimate of drug-likeness (QED) is 0.118. The van der Waals surface area contributed by atoms with Crippen molar-refractivity contribution in [2.45, 2.75) is 43.9 Å². The minimum absolute atomic E-state index is 0.0897. The SMILES string of the molecule is CC1(C)c2ccccc2-c2ccc3ccc(-c4nc(-c5ccccc5)nc(-c5ccccc5)n4)cc3c21.CC1(C)c2ccccc2-c2ccc3cccc(-c4nc(-c5ccccc5)nc(-c5ccccc5)n4)c3c21.c1ccc(-c2ccc(-c3nc(-c4ccccc4)nc(-c4cccc5c6c(ccc45)-c4ccccc4C6(c4ccccc4)c4ccccc4)n3)cc2)cc1. The number of nitrogens with zero attached hydrogens (tertiary/aromatic N) is 9. The first-order chi connectivity index (χ1) is 62.5. The zero-order chi connectivity index (χ0) is 85.2. The molecule has 3 aromatic heterocycles. The van der Waals surface area contributed by atoms with Gasteiger partial charge in [0, 0.05) is 60.9 Å². The lowest BCUT2D eigenvalue weighted by molar-refractivity contribution is 0.666. The molecular formula is C118H83N9. The summed E-state index contributed by atoms with van der Waals surface area (Å²) in [4.78, 5) is 45.2. The number of hydrogen-bond donors (Lipinski definition) is 0. The predicted octanol–water partition coefficient (Wildman–Crippen LogP) is 28.7. The van der Waals surface area contributed by atoms with Crippen LogP contribution in [0.3, 0.4) is 0 Å². The van der Waals surface area contributed by atoms with E-state index in [1.165, 1.54) is 110 Å². The summed E-state index contributed by atoms with van der Waals surface area (Å²) in [7, 11) is 0. The van der Waals surface area contributed by atoms with Crippen molar-refractivity contribution in [2.75, 3.05) is 0 Å². The van der Waals surface area contributed by atoms with Gasteiger partial charge in [0.05, 0.1) is 5.41 Å². The lowest BCUT2D eigenvalue weighted by Gasteiger charge is -2.34. The molecule has 0 saturated carbocycles. The van der Waals surface area contributed by atoms with Crippen LogP contribution in [-0.4, -0.2) is 44.9 Å². The van der Waals surface area contributed by atoms with Gasteiger partial charge < -0.3 is 0 Å². The molecule has 21 aromatic rings. The van der Waals surface area contributed by atoms with Gasteiger partial charge in [-0.3, -0.25) is 0 Å². The van der Waals surface area contributed by atoms with Crippen LogP contribution in [0.1, 0.15) is 72.2 Å². The third-order valence-corrected chi connectivity index (χ3v) is 25.6. The fourth-order valence-corrected chi connectivity index (χ4v) is 19.7. The summed E-state index contributed by atoms with van der Waals surface area (Å²) >= 11 is 0. The van der Waals surface area contributed by atoms with Crippen LogP contribution in [-0.2, 0) is 16.2 Å². The van der Waals surface area contributed by atoms with Crippen molar-refractivity contribution in [2.24, 2.45) is 0 Å². The van der Waals surface area contributed by atoms with Gasteiger partial charge in [-0.15, -0.1) is 0 Å². The number of fused-ring (bicyclic) bond motifs is 15. The van der Waals surface area contributed by atoms with E-state index in [9.17, 15) is 0 Å². The molecule has 0 amide bonds. The normalized spacial score (nSPS) is 13.1. The average molecular weight is 1630 g/mol. The number of aromatic nitrogens is 9. The van der Waals surface area contributed by atoms with E-state index in [1.807, 2.05) is 121 Å². The molecule has 3 aliphatic rings. The maximum atomic E-state index is 5.22. The Kier molecular flexibility index (Phi) is 19.3. The van der Waals surface area contributed by atoms with Gasteiger partial charge in [0.2, 0.25) is 0 Å². The summed E-state index contributed by atoms with van der Waals surface area (Å²) in [5.74, 6) is 6.01. The van der Waals surface area contributed by atoms with E-state index in [4.69, 9.17) is 44.9 Å². The maximum absolute atomic E-state index is 5.22. The molecule has 127 heavy (non-hydrogen) atoms. The summed E-state index contributed by atoms with van der Waals surface area (Å²) in [6.07, 6.45) is 0.